The van der Waals surface area contributed by atoms with E-state index in [9.17, 15) is 18.0 Å². The smallest absolute Gasteiger partial charge is 0.416 e. The van der Waals surface area contributed by atoms with Gasteiger partial charge in [0.25, 0.3) is 0 Å². The monoisotopic (exact) mass is 382 g/mol. The third kappa shape index (κ3) is 6.18. The lowest BCUT2D eigenvalue weighted by Crippen LogP contribution is -2.21. The van der Waals surface area contributed by atoms with Crippen LogP contribution in [-0.4, -0.2) is 26.7 Å². The molecule has 0 aliphatic carbocycles. The van der Waals surface area contributed by atoms with Crippen molar-refractivity contribution in [2.45, 2.75) is 19.1 Å². The number of benzene rings is 2. The standard InChI is InChI=1S/C19H21F3N2O3/c1-26-16-8-3-13(11-17(16)27-2)12-23-10-9-18(25)24-15-6-4-14(5-7-15)19(20,21)22/h3-8,11,23H,9-10,12H2,1-2H3,(H,24,25). The second kappa shape index (κ2) is 9.27. The Hall–Kier alpha value is -2.74. The molecule has 0 bridgehead atoms. The maximum absolute atomic E-state index is 12.5. The Balaban J connectivity index is 1.76. The number of anilines is 1. The van der Waals surface area contributed by atoms with Gasteiger partial charge in [0.05, 0.1) is 19.8 Å². The molecule has 2 rings (SSSR count). The maximum atomic E-state index is 12.5. The predicted octanol–water partition coefficient (Wildman–Crippen LogP) is 3.84. The van der Waals surface area contributed by atoms with Gasteiger partial charge in [-0.1, -0.05) is 6.07 Å². The van der Waals surface area contributed by atoms with Crippen molar-refractivity contribution in [2.24, 2.45) is 0 Å². The van der Waals surface area contributed by atoms with E-state index in [-0.39, 0.29) is 12.3 Å². The molecule has 0 spiro atoms. The first kappa shape index (κ1) is 20.6. The van der Waals surface area contributed by atoms with Gasteiger partial charge < -0.3 is 20.1 Å². The molecule has 0 aliphatic heterocycles. The summed E-state index contributed by atoms with van der Waals surface area (Å²) in [6.07, 6.45) is -4.20. The van der Waals surface area contributed by atoms with Gasteiger partial charge in [-0.3, -0.25) is 4.79 Å². The normalized spacial score (nSPS) is 11.1. The van der Waals surface area contributed by atoms with E-state index in [1.165, 1.54) is 12.1 Å². The van der Waals surface area contributed by atoms with Gasteiger partial charge in [0, 0.05) is 25.2 Å². The van der Waals surface area contributed by atoms with Crippen molar-refractivity contribution in [1.29, 1.82) is 0 Å². The second-order valence-electron chi connectivity index (χ2n) is 5.74. The number of carbonyl (C=O) groups excluding carboxylic acids is 1. The number of carbonyl (C=O) groups is 1. The van der Waals surface area contributed by atoms with Crippen molar-refractivity contribution in [3.8, 4) is 11.5 Å². The summed E-state index contributed by atoms with van der Waals surface area (Å²) < 4.78 is 47.9. The van der Waals surface area contributed by atoms with Gasteiger partial charge in [-0.05, 0) is 42.0 Å². The number of amides is 1. The van der Waals surface area contributed by atoms with Crippen LogP contribution < -0.4 is 20.1 Å². The highest BCUT2D eigenvalue weighted by atomic mass is 19.4. The highest BCUT2D eigenvalue weighted by Gasteiger charge is 2.29. The van der Waals surface area contributed by atoms with Crippen molar-refractivity contribution < 1.29 is 27.4 Å². The van der Waals surface area contributed by atoms with Crippen LogP contribution in [0.3, 0.4) is 0 Å². The summed E-state index contributed by atoms with van der Waals surface area (Å²) in [5, 5.41) is 5.70. The predicted molar refractivity (Wildman–Crippen MR) is 95.9 cm³/mol. The average Bonchev–Trinajstić information content (AvgIpc) is 2.64. The van der Waals surface area contributed by atoms with E-state index in [1.54, 1.807) is 20.3 Å². The molecule has 0 aliphatic rings. The highest BCUT2D eigenvalue weighted by Crippen LogP contribution is 2.30. The quantitative estimate of drug-likeness (QED) is 0.681. The number of hydrogen-bond acceptors (Lipinski definition) is 4. The number of nitrogens with one attached hydrogen (secondary N) is 2. The van der Waals surface area contributed by atoms with E-state index in [2.05, 4.69) is 10.6 Å². The topological polar surface area (TPSA) is 59.6 Å². The minimum absolute atomic E-state index is 0.189. The van der Waals surface area contributed by atoms with E-state index in [0.29, 0.717) is 30.3 Å². The fourth-order valence-corrected chi connectivity index (χ4v) is 2.39. The molecular formula is C19H21F3N2O3. The third-order valence-electron chi connectivity index (χ3n) is 3.80. The molecule has 8 heteroatoms. The average molecular weight is 382 g/mol. The second-order valence-corrected chi connectivity index (χ2v) is 5.74. The Labute approximate surface area is 155 Å². The fourth-order valence-electron chi connectivity index (χ4n) is 2.39. The molecular weight excluding hydrogens is 361 g/mol. The van der Waals surface area contributed by atoms with E-state index in [1.807, 2.05) is 12.1 Å². The molecule has 0 saturated heterocycles. The maximum Gasteiger partial charge on any atom is 0.416 e. The van der Waals surface area contributed by atoms with Gasteiger partial charge in [0.1, 0.15) is 0 Å². The molecule has 1 amide bonds. The first-order valence-electron chi connectivity index (χ1n) is 8.22. The Morgan fingerprint density at radius 3 is 2.26 bits per heavy atom. The van der Waals surface area contributed by atoms with Crippen LogP contribution in [0.5, 0.6) is 11.5 Å². The third-order valence-corrected chi connectivity index (χ3v) is 3.80. The van der Waals surface area contributed by atoms with E-state index >= 15 is 0 Å². The summed E-state index contributed by atoms with van der Waals surface area (Å²) in [5.41, 5.74) is 0.542. The van der Waals surface area contributed by atoms with Gasteiger partial charge in [-0.15, -0.1) is 0 Å². The Morgan fingerprint density at radius 1 is 1.00 bits per heavy atom. The first-order chi connectivity index (χ1) is 12.8. The molecule has 0 saturated carbocycles. The largest absolute Gasteiger partial charge is 0.493 e. The van der Waals surface area contributed by atoms with Crippen LogP contribution in [0, 0.1) is 0 Å². The zero-order chi connectivity index (χ0) is 19.9. The molecule has 0 radical (unpaired) electrons. The van der Waals surface area contributed by atoms with Crippen LogP contribution in [0.4, 0.5) is 18.9 Å². The van der Waals surface area contributed by atoms with Crippen LogP contribution in [0.2, 0.25) is 0 Å². The number of halogens is 3. The molecule has 2 aromatic rings. The Morgan fingerprint density at radius 2 is 1.67 bits per heavy atom. The van der Waals surface area contributed by atoms with Crippen LogP contribution in [-0.2, 0) is 17.5 Å². The number of alkyl halides is 3. The van der Waals surface area contributed by atoms with Crippen molar-refractivity contribution >= 4 is 11.6 Å². The van der Waals surface area contributed by atoms with Crippen molar-refractivity contribution in [2.75, 3.05) is 26.1 Å². The van der Waals surface area contributed by atoms with Crippen molar-refractivity contribution in [3.63, 3.8) is 0 Å². The van der Waals surface area contributed by atoms with Gasteiger partial charge in [0.15, 0.2) is 11.5 Å². The summed E-state index contributed by atoms with van der Waals surface area (Å²) in [6.45, 7) is 0.953. The lowest BCUT2D eigenvalue weighted by atomic mass is 10.2. The highest BCUT2D eigenvalue weighted by molar-refractivity contribution is 5.90. The lowest BCUT2D eigenvalue weighted by Gasteiger charge is -2.11. The van der Waals surface area contributed by atoms with Gasteiger partial charge in [-0.2, -0.15) is 13.2 Å². The van der Waals surface area contributed by atoms with E-state index in [0.717, 1.165) is 17.7 Å². The number of hydrogen-bond donors (Lipinski definition) is 2. The first-order valence-corrected chi connectivity index (χ1v) is 8.22. The van der Waals surface area contributed by atoms with Crippen LogP contribution >= 0.6 is 0 Å². The van der Waals surface area contributed by atoms with Crippen molar-refractivity contribution in [3.05, 3.63) is 53.6 Å². The zero-order valence-electron chi connectivity index (χ0n) is 15.0. The summed E-state index contributed by atoms with van der Waals surface area (Å²) in [4.78, 5) is 11.9. The number of rotatable bonds is 8. The fraction of sp³-hybridized carbons (Fsp3) is 0.316. The van der Waals surface area contributed by atoms with Crippen LogP contribution in [0.1, 0.15) is 17.5 Å². The van der Waals surface area contributed by atoms with Crippen molar-refractivity contribution in [1.82, 2.24) is 5.32 Å². The minimum atomic E-state index is -4.39. The minimum Gasteiger partial charge on any atom is -0.493 e. The molecule has 2 N–H and O–H groups in total. The summed E-state index contributed by atoms with van der Waals surface area (Å²) in [7, 11) is 3.12. The lowest BCUT2D eigenvalue weighted by molar-refractivity contribution is -0.137. The molecule has 5 nitrogen and oxygen atoms in total. The zero-order valence-corrected chi connectivity index (χ0v) is 15.0. The van der Waals surface area contributed by atoms with Gasteiger partial charge in [-0.25, -0.2) is 0 Å². The summed E-state index contributed by atoms with van der Waals surface area (Å²) in [6, 6.07) is 9.86. The Kier molecular flexibility index (Phi) is 7.06. The van der Waals surface area contributed by atoms with Gasteiger partial charge >= 0.3 is 6.18 Å². The molecule has 27 heavy (non-hydrogen) atoms. The number of ether oxygens (including phenoxy) is 2. The molecule has 0 atom stereocenters. The SMILES string of the molecule is COc1ccc(CNCCC(=O)Nc2ccc(C(F)(F)F)cc2)cc1OC. The molecule has 0 aromatic heterocycles. The summed E-state index contributed by atoms with van der Waals surface area (Å²) in [5.74, 6) is 0.976. The molecule has 0 fully saturated rings. The molecule has 2 aromatic carbocycles. The molecule has 146 valence electrons. The molecule has 0 unspecified atom stereocenters. The Bertz CT molecular complexity index is 762. The van der Waals surface area contributed by atoms with Crippen LogP contribution in [0.25, 0.3) is 0 Å². The van der Waals surface area contributed by atoms with Gasteiger partial charge in [0.2, 0.25) is 5.91 Å². The van der Waals surface area contributed by atoms with Crippen LogP contribution in [0.15, 0.2) is 42.5 Å². The van der Waals surface area contributed by atoms with E-state index in [4.69, 9.17) is 9.47 Å². The summed E-state index contributed by atoms with van der Waals surface area (Å²) >= 11 is 0. The van der Waals surface area contributed by atoms with E-state index < -0.39 is 11.7 Å². The molecule has 0 heterocycles. The number of methoxy groups -OCH3 is 2.